The predicted molar refractivity (Wildman–Crippen MR) is 85.1 cm³/mol. The van der Waals surface area contributed by atoms with Crippen molar-refractivity contribution in [2.24, 2.45) is 12.2 Å². The van der Waals surface area contributed by atoms with Gasteiger partial charge in [0.1, 0.15) is 0 Å². The van der Waals surface area contributed by atoms with Crippen molar-refractivity contribution < 1.29 is 9.36 Å². The van der Waals surface area contributed by atoms with E-state index in [0.717, 1.165) is 5.56 Å². The minimum absolute atomic E-state index is 0.163. The summed E-state index contributed by atoms with van der Waals surface area (Å²) in [6, 6.07) is 9.25. The van der Waals surface area contributed by atoms with Crippen LogP contribution in [0.2, 0.25) is 0 Å². The SMILES string of the molecule is Cn1oc(=O)nc1C(=NOCc1csc(N)n1)c1ccccc1. The molecular weight excluding hydrogens is 318 g/mol. The molecule has 0 atom stereocenters. The molecule has 2 N–H and O–H groups in total. The summed E-state index contributed by atoms with van der Waals surface area (Å²) in [7, 11) is 1.57. The van der Waals surface area contributed by atoms with Crippen LogP contribution in [0.1, 0.15) is 17.1 Å². The zero-order valence-corrected chi connectivity index (χ0v) is 13.0. The first-order chi connectivity index (χ1) is 11.1. The van der Waals surface area contributed by atoms with Crippen LogP contribution in [0.4, 0.5) is 5.13 Å². The van der Waals surface area contributed by atoms with Gasteiger partial charge in [0.15, 0.2) is 23.3 Å². The lowest BCUT2D eigenvalue weighted by atomic mass is 10.1. The Kier molecular flexibility index (Phi) is 4.20. The molecular formula is C14H13N5O3S. The van der Waals surface area contributed by atoms with Crippen molar-refractivity contribution >= 4 is 22.2 Å². The quantitative estimate of drug-likeness (QED) is 0.559. The van der Waals surface area contributed by atoms with Crippen molar-refractivity contribution in [1.29, 1.82) is 0 Å². The van der Waals surface area contributed by atoms with Crippen LogP contribution in [-0.2, 0) is 18.5 Å². The number of nitrogens with zero attached hydrogens (tertiary/aromatic N) is 4. The van der Waals surface area contributed by atoms with Crippen LogP contribution in [0.5, 0.6) is 0 Å². The van der Waals surface area contributed by atoms with E-state index in [0.29, 0.717) is 16.5 Å². The summed E-state index contributed by atoms with van der Waals surface area (Å²) in [4.78, 5) is 24.6. The minimum Gasteiger partial charge on any atom is -0.389 e. The lowest BCUT2D eigenvalue weighted by Crippen LogP contribution is -2.11. The van der Waals surface area contributed by atoms with Gasteiger partial charge in [0.25, 0.3) is 0 Å². The van der Waals surface area contributed by atoms with Crippen LogP contribution in [0.3, 0.4) is 0 Å². The number of aryl methyl sites for hydroxylation is 1. The smallest absolute Gasteiger partial charge is 0.389 e. The number of anilines is 1. The number of thiazole rings is 1. The van der Waals surface area contributed by atoms with Crippen molar-refractivity contribution in [2.75, 3.05) is 5.73 Å². The van der Waals surface area contributed by atoms with Gasteiger partial charge >= 0.3 is 5.76 Å². The normalized spacial score (nSPS) is 11.6. The fourth-order valence-corrected chi connectivity index (χ4v) is 2.46. The summed E-state index contributed by atoms with van der Waals surface area (Å²) in [5, 5.41) is 6.36. The van der Waals surface area contributed by atoms with E-state index < -0.39 is 5.76 Å². The molecule has 0 fully saturated rings. The molecule has 8 nitrogen and oxygen atoms in total. The number of nitrogen functional groups attached to an aromatic ring is 1. The summed E-state index contributed by atoms with van der Waals surface area (Å²) in [6.45, 7) is 0.163. The zero-order chi connectivity index (χ0) is 16.2. The monoisotopic (exact) mass is 331 g/mol. The molecule has 23 heavy (non-hydrogen) atoms. The summed E-state index contributed by atoms with van der Waals surface area (Å²) < 4.78 is 6.12. The number of oxime groups is 1. The largest absolute Gasteiger partial charge is 0.460 e. The summed E-state index contributed by atoms with van der Waals surface area (Å²) >= 11 is 1.33. The van der Waals surface area contributed by atoms with Gasteiger partial charge in [-0.15, -0.1) is 11.3 Å². The Hall–Kier alpha value is -2.94. The first-order valence-electron chi connectivity index (χ1n) is 6.63. The van der Waals surface area contributed by atoms with Crippen LogP contribution in [-0.4, -0.2) is 20.4 Å². The Labute approximate surface area is 134 Å². The van der Waals surface area contributed by atoms with E-state index in [1.165, 1.54) is 16.1 Å². The first kappa shape index (κ1) is 15.0. The molecule has 0 aliphatic rings. The lowest BCUT2D eigenvalue weighted by molar-refractivity contribution is 0.128. The van der Waals surface area contributed by atoms with Gasteiger partial charge in [-0.1, -0.05) is 35.5 Å². The molecule has 118 valence electrons. The van der Waals surface area contributed by atoms with E-state index in [2.05, 4.69) is 15.1 Å². The fourth-order valence-electron chi connectivity index (χ4n) is 1.91. The topological polar surface area (TPSA) is 109 Å². The number of hydrogen-bond acceptors (Lipinski definition) is 8. The highest BCUT2D eigenvalue weighted by molar-refractivity contribution is 7.13. The highest BCUT2D eigenvalue weighted by Crippen LogP contribution is 2.13. The average Bonchev–Trinajstić information content (AvgIpc) is 3.10. The molecule has 0 amide bonds. The molecule has 0 saturated carbocycles. The van der Waals surface area contributed by atoms with Crippen LogP contribution in [0, 0.1) is 0 Å². The van der Waals surface area contributed by atoms with E-state index in [9.17, 15) is 4.79 Å². The molecule has 9 heteroatoms. The predicted octanol–water partition coefficient (Wildman–Crippen LogP) is 1.38. The third-order valence-corrected chi connectivity index (χ3v) is 3.63. The second-order valence-corrected chi connectivity index (χ2v) is 5.44. The van der Waals surface area contributed by atoms with Gasteiger partial charge in [-0.25, -0.2) is 9.78 Å². The van der Waals surface area contributed by atoms with Gasteiger partial charge in [0.2, 0.25) is 0 Å². The van der Waals surface area contributed by atoms with Crippen molar-refractivity contribution in [3.8, 4) is 0 Å². The molecule has 0 unspecified atom stereocenters. The molecule has 3 aromatic rings. The van der Waals surface area contributed by atoms with Gasteiger partial charge in [-0.05, 0) is 0 Å². The zero-order valence-electron chi connectivity index (χ0n) is 12.2. The van der Waals surface area contributed by atoms with Gasteiger partial charge in [-0.2, -0.15) is 9.72 Å². The van der Waals surface area contributed by atoms with Crippen molar-refractivity contribution in [3.05, 3.63) is 63.3 Å². The summed E-state index contributed by atoms with van der Waals surface area (Å²) in [6.07, 6.45) is 0. The lowest BCUT2D eigenvalue weighted by Gasteiger charge is -2.05. The maximum absolute atomic E-state index is 11.3. The molecule has 0 radical (unpaired) electrons. The molecule has 0 aliphatic heterocycles. The van der Waals surface area contributed by atoms with Crippen LogP contribution in [0.25, 0.3) is 0 Å². The van der Waals surface area contributed by atoms with Gasteiger partial charge in [0.05, 0.1) is 5.69 Å². The second kappa shape index (κ2) is 6.44. The van der Waals surface area contributed by atoms with Gasteiger partial charge in [-0.3, -0.25) is 0 Å². The highest BCUT2D eigenvalue weighted by atomic mass is 32.1. The Morgan fingerprint density at radius 2 is 2.17 bits per heavy atom. The number of nitrogens with two attached hydrogens (primary N) is 1. The van der Waals surface area contributed by atoms with E-state index in [-0.39, 0.29) is 12.4 Å². The van der Waals surface area contributed by atoms with E-state index in [1.54, 1.807) is 12.4 Å². The van der Waals surface area contributed by atoms with Gasteiger partial charge < -0.3 is 15.1 Å². The number of aromatic nitrogens is 3. The molecule has 3 rings (SSSR count). The van der Waals surface area contributed by atoms with Crippen LogP contribution in [0.15, 0.2) is 50.2 Å². The van der Waals surface area contributed by atoms with E-state index in [1.807, 2.05) is 30.3 Å². The number of benzene rings is 1. The maximum atomic E-state index is 11.3. The minimum atomic E-state index is -0.696. The third-order valence-electron chi connectivity index (χ3n) is 2.91. The van der Waals surface area contributed by atoms with Crippen molar-refractivity contribution in [1.82, 2.24) is 14.7 Å². The Morgan fingerprint density at radius 3 is 2.78 bits per heavy atom. The third kappa shape index (κ3) is 3.46. The molecule has 2 heterocycles. The van der Waals surface area contributed by atoms with Crippen molar-refractivity contribution in [3.63, 3.8) is 0 Å². The Morgan fingerprint density at radius 1 is 1.39 bits per heavy atom. The van der Waals surface area contributed by atoms with E-state index in [4.69, 9.17) is 15.1 Å². The Balaban J connectivity index is 1.90. The highest BCUT2D eigenvalue weighted by Gasteiger charge is 2.16. The molecule has 1 aromatic carbocycles. The molecule has 0 saturated heterocycles. The average molecular weight is 331 g/mol. The fraction of sp³-hybridized carbons (Fsp3) is 0.143. The number of rotatable bonds is 5. The molecule has 2 aromatic heterocycles. The summed E-state index contributed by atoms with van der Waals surface area (Å²) in [5.74, 6) is -0.419. The first-order valence-corrected chi connectivity index (χ1v) is 7.51. The van der Waals surface area contributed by atoms with E-state index >= 15 is 0 Å². The Bertz CT molecular complexity index is 881. The molecule has 0 bridgehead atoms. The van der Waals surface area contributed by atoms with Crippen LogP contribution < -0.4 is 11.5 Å². The number of hydrogen-bond donors (Lipinski definition) is 1. The van der Waals surface area contributed by atoms with Crippen molar-refractivity contribution in [2.45, 2.75) is 6.61 Å². The molecule has 0 aliphatic carbocycles. The maximum Gasteiger partial charge on any atom is 0.460 e. The van der Waals surface area contributed by atoms with Gasteiger partial charge in [0, 0.05) is 18.0 Å². The van der Waals surface area contributed by atoms with Crippen LogP contribution >= 0.6 is 11.3 Å². The second-order valence-electron chi connectivity index (χ2n) is 4.55. The standard InChI is InChI=1S/C14H13N5O3S/c1-19-12(17-14(20)22-19)11(9-5-3-2-4-6-9)18-21-7-10-8-23-13(15)16-10/h2-6,8H,7H2,1H3,(H2,15,16). The summed E-state index contributed by atoms with van der Waals surface area (Å²) in [5.41, 5.74) is 7.38. The molecule has 0 spiro atoms.